The molecule has 174 valence electrons. The maximum absolute atomic E-state index is 13.3. The second-order valence-corrected chi connectivity index (χ2v) is 11.6. The lowest BCUT2D eigenvalue weighted by Crippen LogP contribution is -2.22. The first-order valence-corrected chi connectivity index (χ1v) is 12.9. The van der Waals surface area contributed by atoms with Gasteiger partial charge in [0.1, 0.15) is 0 Å². The molecule has 0 atom stereocenters. The van der Waals surface area contributed by atoms with Crippen molar-refractivity contribution in [3.05, 3.63) is 101 Å². The Morgan fingerprint density at radius 1 is 0.912 bits per heavy atom. The van der Waals surface area contributed by atoms with Crippen molar-refractivity contribution < 1.29 is 13.2 Å². The molecule has 0 N–H and O–H groups in total. The number of anilines is 1. The summed E-state index contributed by atoms with van der Waals surface area (Å²) in [6.07, 6.45) is 1.70. The SMILES string of the molecule is CC(C)(C)c1ccc(/C=C2\C(=O)N(c3ccccc3)N=C2CS(=O)(=O)c2ccc(Cl)cc2)cc1. The van der Waals surface area contributed by atoms with Crippen LogP contribution >= 0.6 is 11.6 Å². The summed E-state index contributed by atoms with van der Waals surface area (Å²) in [4.78, 5) is 13.5. The van der Waals surface area contributed by atoms with Crippen LogP contribution in [0, 0.1) is 0 Å². The van der Waals surface area contributed by atoms with E-state index in [9.17, 15) is 13.2 Å². The number of hydrazone groups is 1. The summed E-state index contributed by atoms with van der Waals surface area (Å²) in [6.45, 7) is 6.39. The largest absolute Gasteiger partial charge is 0.280 e. The summed E-state index contributed by atoms with van der Waals surface area (Å²) in [5.41, 5.74) is 2.98. The van der Waals surface area contributed by atoms with Gasteiger partial charge in [0.2, 0.25) is 0 Å². The second-order valence-electron chi connectivity index (χ2n) is 9.14. The minimum atomic E-state index is -3.75. The van der Waals surface area contributed by atoms with Gasteiger partial charge in [0.05, 0.1) is 27.6 Å². The number of carbonyl (C=O) groups is 1. The molecule has 5 nitrogen and oxygen atoms in total. The molecule has 0 unspecified atom stereocenters. The number of nitrogens with zero attached hydrogens (tertiary/aromatic N) is 2. The Morgan fingerprint density at radius 2 is 1.53 bits per heavy atom. The van der Waals surface area contributed by atoms with Crippen LogP contribution in [0.15, 0.2) is 94.4 Å². The fourth-order valence-corrected chi connectivity index (χ4v) is 5.02. The van der Waals surface area contributed by atoms with Gasteiger partial charge in [-0.2, -0.15) is 10.1 Å². The molecule has 0 aliphatic carbocycles. The third-order valence-corrected chi connectivity index (χ3v) is 7.44. The van der Waals surface area contributed by atoms with Crippen LogP contribution in [0.5, 0.6) is 0 Å². The van der Waals surface area contributed by atoms with Crippen LogP contribution < -0.4 is 5.01 Å². The predicted octanol–water partition coefficient (Wildman–Crippen LogP) is 5.90. The molecular weight excluding hydrogens is 468 g/mol. The molecule has 0 saturated carbocycles. The average molecular weight is 493 g/mol. The number of hydrogen-bond acceptors (Lipinski definition) is 4. The van der Waals surface area contributed by atoms with Gasteiger partial charge in [0.15, 0.2) is 9.84 Å². The number of hydrogen-bond donors (Lipinski definition) is 0. The van der Waals surface area contributed by atoms with Crippen LogP contribution in [0.4, 0.5) is 5.69 Å². The molecule has 1 aliphatic rings. The number of rotatable bonds is 5. The minimum absolute atomic E-state index is 0.00175. The normalized spacial score (nSPS) is 15.6. The molecule has 3 aromatic rings. The summed E-state index contributed by atoms with van der Waals surface area (Å²) in [5, 5.41) is 6.13. The molecule has 3 aromatic carbocycles. The molecule has 34 heavy (non-hydrogen) atoms. The molecule has 1 amide bonds. The number of para-hydroxylation sites is 1. The van der Waals surface area contributed by atoms with Crippen molar-refractivity contribution in [1.82, 2.24) is 0 Å². The highest BCUT2D eigenvalue weighted by Crippen LogP contribution is 2.28. The van der Waals surface area contributed by atoms with E-state index in [4.69, 9.17) is 11.6 Å². The van der Waals surface area contributed by atoms with Gasteiger partial charge in [0.25, 0.3) is 5.91 Å². The Hall–Kier alpha value is -3.22. The summed E-state index contributed by atoms with van der Waals surface area (Å²) < 4.78 is 26.2. The molecule has 0 saturated heterocycles. The highest BCUT2D eigenvalue weighted by atomic mass is 35.5. The quantitative estimate of drug-likeness (QED) is 0.416. The van der Waals surface area contributed by atoms with E-state index in [0.29, 0.717) is 10.7 Å². The van der Waals surface area contributed by atoms with Crippen molar-refractivity contribution in [3.8, 4) is 0 Å². The Balaban J connectivity index is 1.74. The zero-order chi connectivity index (χ0) is 24.5. The fourth-order valence-electron chi connectivity index (χ4n) is 3.60. The van der Waals surface area contributed by atoms with Gasteiger partial charge in [-0.25, -0.2) is 8.42 Å². The Kier molecular flexibility index (Phi) is 6.47. The van der Waals surface area contributed by atoms with Crippen molar-refractivity contribution in [2.24, 2.45) is 5.10 Å². The molecule has 0 fully saturated rings. The molecule has 0 bridgehead atoms. The number of carbonyl (C=O) groups excluding carboxylic acids is 1. The molecule has 1 heterocycles. The van der Waals surface area contributed by atoms with Crippen LogP contribution in [0.2, 0.25) is 5.02 Å². The Morgan fingerprint density at radius 3 is 2.12 bits per heavy atom. The Labute approximate surface area is 205 Å². The third kappa shape index (κ3) is 5.13. The van der Waals surface area contributed by atoms with Crippen LogP contribution in [0.1, 0.15) is 31.9 Å². The summed E-state index contributed by atoms with van der Waals surface area (Å²) in [6, 6.07) is 22.8. The van der Waals surface area contributed by atoms with Gasteiger partial charge < -0.3 is 0 Å². The van der Waals surface area contributed by atoms with E-state index in [1.165, 1.54) is 29.3 Å². The standard InChI is InChI=1S/C27H25ClN2O3S/c1-27(2,3)20-11-9-19(10-12-20)17-24-25(18-34(32,33)23-15-13-21(28)14-16-23)29-30(26(24)31)22-7-5-4-6-8-22/h4-17H,18H2,1-3H3/b24-17-. The van der Waals surface area contributed by atoms with E-state index < -0.39 is 15.6 Å². The van der Waals surface area contributed by atoms with Gasteiger partial charge in [-0.1, -0.05) is 74.8 Å². The van der Waals surface area contributed by atoms with Crippen molar-refractivity contribution in [2.75, 3.05) is 10.8 Å². The van der Waals surface area contributed by atoms with E-state index in [-0.39, 0.29) is 27.5 Å². The van der Waals surface area contributed by atoms with Gasteiger partial charge in [-0.3, -0.25) is 4.79 Å². The van der Waals surface area contributed by atoms with Crippen LogP contribution in [0.3, 0.4) is 0 Å². The fraction of sp³-hybridized carbons (Fsp3) is 0.185. The highest BCUT2D eigenvalue weighted by molar-refractivity contribution is 7.92. The number of amides is 1. The lowest BCUT2D eigenvalue weighted by molar-refractivity contribution is -0.114. The molecule has 4 rings (SSSR count). The smallest absolute Gasteiger partial charge is 0.267 e. The van der Waals surface area contributed by atoms with E-state index in [2.05, 4.69) is 25.9 Å². The van der Waals surface area contributed by atoms with Crippen molar-refractivity contribution >= 4 is 44.8 Å². The summed E-state index contributed by atoms with van der Waals surface area (Å²) >= 11 is 5.91. The number of benzene rings is 3. The van der Waals surface area contributed by atoms with E-state index in [0.717, 1.165) is 11.1 Å². The molecular formula is C27H25ClN2O3S. The summed E-state index contributed by atoms with van der Waals surface area (Å²) in [7, 11) is -3.75. The van der Waals surface area contributed by atoms with Gasteiger partial charge in [0, 0.05) is 5.02 Å². The highest BCUT2D eigenvalue weighted by Gasteiger charge is 2.34. The summed E-state index contributed by atoms with van der Waals surface area (Å²) in [5.74, 6) is -0.775. The van der Waals surface area contributed by atoms with E-state index in [1.807, 2.05) is 30.3 Å². The average Bonchev–Trinajstić information content (AvgIpc) is 3.09. The zero-order valence-electron chi connectivity index (χ0n) is 19.2. The lowest BCUT2D eigenvalue weighted by Gasteiger charge is -2.18. The first kappa shape index (κ1) is 23.9. The van der Waals surface area contributed by atoms with Crippen LogP contribution in [-0.4, -0.2) is 25.8 Å². The van der Waals surface area contributed by atoms with E-state index >= 15 is 0 Å². The van der Waals surface area contributed by atoms with Crippen molar-refractivity contribution in [2.45, 2.75) is 31.1 Å². The van der Waals surface area contributed by atoms with Crippen LogP contribution in [-0.2, 0) is 20.0 Å². The third-order valence-electron chi connectivity index (χ3n) is 5.54. The van der Waals surface area contributed by atoms with E-state index in [1.54, 1.807) is 30.3 Å². The first-order valence-electron chi connectivity index (χ1n) is 10.8. The second kappa shape index (κ2) is 9.20. The monoisotopic (exact) mass is 492 g/mol. The lowest BCUT2D eigenvalue weighted by atomic mass is 9.86. The number of sulfone groups is 1. The van der Waals surface area contributed by atoms with Gasteiger partial charge >= 0.3 is 0 Å². The topological polar surface area (TPSA) is 66.8 Å². The maximum atomic E-state index is 13.3. The molecule has 0 radical (unpaired) electrons. The van der Waals surface area contributed by atoms with Gasteiger partial charge in [-0.15, -0.1) is 0 Å². The molecule has 0 aromatic heterocycles. The van der Waals surface area contributed by atoms with Gasteiger partial charge in [-0.05, 0) is 59.0 Å². The minimum Gasteiger partial charge on any atom is -0.267 e. The molecule has 0 spiro atoms. The predicted molar refractivity (Wildman–Crippen MR) is 138 cm³/mol. The van der Waals surface area contributed by atoms with Crippen molar-refractivity contribution in [3.63, 3.8) is 0 Å². The molecule has 1 aliphatic heterocycles. The first-order chi connectivity index (χ1) is 16.0. The van der Waals surface area contributed by atoms with Crippen molar-refractivity contribution in [1.29, 1.82) is 0 Å². The number of halogens is 1. The maximum Gasteiger partial charge on any atom is 0.280 e. The van der Waals surface area contributed by atoms with Crippen LogP contribution in [0.25, 0.3) is 6.08 Å². The molecule has 7 heteroatoms. The zero-order valence-corrected chi connectivity index (χ0v) is 20.8. The Bertz CT molecular complexity index is 1370.